The summed E-state index contributed by atoms with van der Waals surface area (Å²) >= 11 is 0. The van der Waals surface area contributed by atoms with E-state index in [-0.39, 0.29) is 17.7 Å². The molecule has 1 amide bonds. The summed E-state index contributed by atoms with van der Waals surface area (Å²) in [7, 11) is 0. The molecule has 0 radical (unpaired) electrons. The van der Waals surface area contributed by atoms with Gasteiger partial charge in [-0.1, -0.05) is 42.5 Å². The van der Waals surface area contributed by atoms with E-state index < -0.39 is 11.9 Å². The van der Waals surface area contributed by atoms with Crippen LogP contribution in [-0.2, 0) is 16.1 Å². The number of nitrogens with one attached hydrogen (secondary N) is 1. The Morgan fingerprint density at radius 3 is 2.29 bits per heavy atom. The minimum Gasteiger partial charge on any atom is -0.507 e. The molecule has 7 heteroatoms. The summed E-state index contributed by atoms with van der Waals surface area (Å²) in [5.74, 6) is -1.21. The number of para-hydroxylation sites is 1. The van der Waals surface area contributed by atoms with Crippen molar-refractivity contribution < 1.29 is 19.5 Å². The summed E-state index contributed by atoms with van der Waals surface area (Å²) in [4.78, 5) is 28.8. The number of benzene rings is 3. The lowest BCUT2D eigenvalue weighted by Gasteiger charge is -2.07. The smallest absolute Gasteiger partial charge is 0.336 e. The van der Waals surface area contributed by atoms with Gasteiger partial charge in [0.2, 0.25) is 0 Å². The van der Waals surface area contributed by atoms with Gasteiger partial charge < -0.3 is 9.94 Å². The van der Waals surface area contributed by atoms with Gasteiger partial charge in [0.25, 0.3) is 5.91 Å². The van der Waals surface area contributed by atoms with Crippen LogP contribution in [0.1, 0.15) is 15.9 Å². The topological polar surface area (TPSA) is 100 Å². The number of aromatic hydroxyl groups is 1. The predicted octanol–water partition coefficient (Wildman–Crippen LogP) is 4.43. The maximum Gasteiger partial charge on any atom is 0.336 e. The molecular formula is C21H17N3O4. The van der Waals surface area contributed by atoms with Gasteiger partial charge in [-0.3, -0.25) is 4.79 Å². The largest absolute Gasteiger partial charge is 0.507 e. The Balaban J connectivity index is 1.52. The zero-order chi connectivity index (χ0) is 19.8. The van der Waals surface area contributed by atoms with Gasteiger partial charge >= 0.3 is 5.97 Å². The molecule has 0 atom stereocenters. The van der Waals surface area contributed by atoms with Gasteiger partial charge in [-0.15, -0.1) is 10.2 Å². The Hall–Kier alpha value is -4.00. The van der Waals surface area contributed by atoms with Crippen LogP contribution in [-0.4, -0.2) is 17.0 Å². The fourth-order valence-corrected chi connectivity index (χ4v) is 2.32. The van der Waals surface area contributed by atoms with Crippen LogP contribution in [0.5, 0.6) is 5.75 Å². The highest BCUT2D eigenvalue weighted by Gasteiger charge is 2.09. The average molecular weight is 375 g/mol. The molecule has 0 bridgehead atoms. The van der Waals surface area contributed by atoms with Crippen LogP contribution in [0.2, 0.25) is 0 Å². The van der Waals surface area contributed by atoms with Crippen molar-refractivity contribution >= 4 is 23.3 Å². The Bertz CT molecular complexity index is 986. The number of phenolic OH excluding ortho intramolecular Hbond substituents is 1. The van der Waals surface area contributed by atoms with E-state index in [0.717, 1.165) is 5.56 Å². The molecule has 28 heavy (non-hydrogen) atoms. The first kappa shape index (κ1) is 18.8. The molecule has 2 N–H and O–H groups in total. The number of carbonyl (C=O) groups excluding carboxylic acids is 2. The van der Waals surface area contributed by atoms with E-state index in [4.69, 9.17) is 4.84 Å². The molecule has 3 aromatic rings. The van der Waals surface area contributed by atoms with E-state index in [0.29, 0.717) is 11.4 Å². The number of phenols is 1. The molecule has 7 nitrogen and oxygen atoms in total. The summed E-state index contributed by atoms with van der Waals surface area (Å²) in [5, 5.41) is 17.1. The lowest BCUT2D eigenvalue weighted by molar-refractivity contribution is -0.139. The molecule has 3 rings (SSSR count). The van der Waals surface area contributed by atoms with Crippen molar-refractivity contribution in [3.63, 3.8) is 0 Å². The van der Waals surface area contributed by atoms with Crippen molar-refractivity contribution in [1.29, 1.82) is 0 Å². The molecule has 0 aliphatic heterocycles. The number of amides is 1. The van der Waals surface area contributed by atoms with Crippen LogP contribution in [0.4, 0.5) is 11.4 Å². The summed E-state index contributed by atoms with van der Waals surface area (Å²) in [5.41, 5.74) is 4.49. The number of nitrogens with zero attached hydrogens (tertiary/aromatic N) is 2. The molecule has 0 aromatic heterocycles. The van der Waals surface area contributed by atoms with Crippen molar-refractivity contribution in [2.24, 2.45) is 10.2 Å². The van der Waals surface area contributed by atoms with Gasteiger partial charge in [0, 0.05) is 0 Å². The molecule has 0 saturated heterocycles. The Labute approximate surface area is 161 Å². The monoisotopic (exact) mass is 375 g/mol. The molecule has 0 aliphatic carbocycles. The van der Waals surface area contributed by atoms with Crippen molar-refractivity contribution in [3.05, 3.63) is 90.0 Å². The first-order valence-electron chi connectivity index (χ1n) is 8.45. The van der Waals surface area contributed by atoms with Gasteiger partial charge in [0.05, 0.1) is 23.4 Å². The van der Waals surface area contributed by atoms with Crippen LogP contribution in [0.15, 0.2) is 89.1 Å². The van der Waals surface area contributed by atoms with Crippen molar-refractivity contribution in [1.82, 2.24) is 0 Å². The molecular weight excluding hydrogens is 358 g/mol. The SMILES string of the molecule is O=C(Cc1ccccc1)ONc1ccc(N=NC(=O)c2ccccc2O)cc1. The first-order chi connectivity index (χ1) is 13.6. The minimum atomic E-state index is -0.643. The van der Waals surface area contributed by atoms with E-state index in [2.05, 4.69) is 15.7 Å². The molecule has 0 spiro atoms. The highest BCUT2D eigenvalue weighted by atomic mass is 16.7. The summed E-state index contributed by atoms with van der Waals surface area (Å²) in [6.45, 7) is 0. The number of hydrogen-bond acceptors (Lipinski definition) is 6. The van der Waals surface area contributed by atoms with Gasteiger partial charge in [-0.05, 0) is 42.0 Å². The van der Waals surface area contributed by atoms with Crippen molar-refractivity contribution in [3.8, 4) is 5.75 Å². The number of rotatable bonds is 6. The van der Waals surface area contributed by atoms with Crippen LogP contribution >= 0.6 is 0 Å². The lowest BCUT2D eigenvalue weighted by atomic mass is 10.2. The Morgan fingerprint density at radius 2 is 1.57 bits per heavy atom. The highest BCUT2D eigenvalue weighted by Crippen LogP contribution is 2.20. The minimum absolute atomic E-state index is 0.0786. The highest BCUT2D eigenvalue weighted by molar-refractivity contribution is 5.97. The van der Waals surface area contributed by atoms with E-state index >= 15 is 0 Å². The number of hydrogen-bond donors (Lipinski definition) is 2. The second-order valence-corrected chi connectivity index (χ2v) is 5.81. The van der Waals surface area contributed by atoms with Crippen LogP contribution in [0.25, 0.3) is 0 Å². The zero-order valence-corrected chi connectivity index (χ0v) is 14.8. The maximum atomic E-state index is 11.9. The maximum absolute atomic E-state index is 11.9. The molecule has 0 unspecified atom stereocenters. The Morgan fingerprint density at radius 1 is 0.893 bits per heavy atom. The third-order valence-electron chi connectivity index (χ3n) is 3.73. The summed E-state index contributed by atoms with van der Waals surface area (Å²) < 4.78 is 0. The second kappa shape index (κ2) is 9.09. The third kappa shape index (κ3) is 5.25. The van der Waals surface area contributed by atoms with Gasteiger partial charge in [0.15, 0.2) is 0 Å². The summed E-state index contributed by atoms with van der Waals surface area (Å²) in [6.07, 6.45) is 0.161. The molecule has 0 heterocycles. The zero-order valence-electron chi connectivity index (χ0n) is 14.8. The molecule has 0 saturated carbocycles. The van der Waals surface area contributed by atoms with Crippen molar-refractivity contribution in [2.75, 3.05) is 5.48 Å². The van der Waals surface area contributed by atoms with Gasteiger partial charge in [-0.2, -0.15) is 0 Å². The fraction of sp³-hybridized carbons (Fsp3) is 0.0476. The third-order valence-corrected chi connectivity index (χ3v) is 3.73. The molecule has 140 valence electrons. The molecule has 0 aliphatic rings. The van der Waals surface area contributed by atoms with Crippen LogP contribution < -0.4 is 5.48 Å². The second-order valence-electron chi connectivity index (χ2n) is 5.81. The number of anilines is 1. The molecule has 3 aromatic carbocycles. The lowest BCUT2D eigenvalue weighted by Crippen LogP contribution is -2.12. The van der Waals surface area contributed by atoms with Crippen molar-refractivity contribution in [2.45, 2.75) is 6.42 Å². The summed E-state index contributed by atoms with van der Waals surface area (Å²) in [6, 6.07) is 21.9. The van der Waals surface area contributed by atoms with E-state index in [1.807, 2.05) is 30.3 Å². The molecule has 0 fully saturated rings. The van der Waals surface area contributed by atoms with Gasteiger partial charge in [0.1, 0.15) is 5.75 Å². The normalized spacial score (nSPS) is 10.6. The van der Waals surface area contributed by atoms with E-state index in [1.54, 1.807) is 36.4 Å². The quantitative estimate of drug-likeness (QED) is 0.490. The van der Waals surface area contributed by atoms with Crippen LogP contribution in [0.3, 0.4) is 0 Å². The standard InChI is InChI=1S/C21H17N3O4/c25-19-9-5-4-8-18(19)21(27)23-22-16-10-12-17(13-11-16)24-28-20(26)14-15-6-2-1-3-7-15/h1-13,24-25H,14H2. The van der Waals surface area contributed by atoms with E-state index in [9.17, 15) is 14.7 Å². The first-order valence-corrected chi connectivity index (χ1v) is 8.45. The predicted molar refractivity (Wildman–Crippen MR) is 103 cm³/mol. The average Bonchev–Trinajstić information content (AvgIpc) is 2.72. The number of carbonyl (C=O) groups is 2. The Kier molecular flexibility index (Phi) is 6.10. The number of azo groups is 1. The van der Waals surface area contributed by atoms with E-state index in [1.165, 1.54) is 12.1 Å². The van der Waals surface area contributed by atoms with Crippen LogP contribution in [0, 0.1) is 0 Å². The van der Waals surface area contributed by atoms with Gasteiger partial charge in [-0.25, -0.2) is 10.3 Å². The fourth-order valence-electron chi connectivity index (χ4n) is 2.32.